The van der Waals surface area contributed by atoms with Crippen molar-refractivity contribution in [2.45, 2.75) is 117 Å². The summed E-state index contributed by atoms with van der Waals surface area (Å²) < 4.78 is 28.4. The van der Waals surface area contributed by atoms with Crippen LogP contribution < -0.4 is 15.4 Å². The van der Waals surface area contributed by atoms with Crippen LogP contribution in [0.3, 0.4) is 0 Å². The summed E-state index contributed by atoms with van der Waals surface area (Å²) in [6, 6.07) is 1.02. The Hall–Kier alpha value is -0.700. The maximum atomic E-state index is 12.6. The van der Waals surface area contributed by atoms with Gasteiger partial charge in [-0.3, -0.25) is 4.79 Å². The number of carbonyl (C=O) groups is 1. The fourth-order valence-corrected chi connectivity index (χ4v) is 10.8. The van der Waals surface area contributed by atoms with E-state index in [0.29, 0.717) is 47.6 Å². The molecule has 5 unspecified atom stereocenters. The number of carboxylic acid groups (broad SMARTS) is 1. The third-order valence-electron chi connectivity index (χ3n) is 11.8. The maximum Gasteiger partial charge on any atom is 0.303 e. The van der Waals surface area contributed by atoms with E-state index >= 15 is 0 Å². The first-order valence-electron chi connectivity index (χ1n) is 15.4. The van der Waals surface area contributed by atoms with Crippen LogP contribution in [0.4, 0.5) is 0 Å². The minimum atomic E-state index is -3.31. The zero-order chi connectivity index (χ0) is 27.9. The molecule has 0 spiro atoms. The number of nitrogens with one attached hydrogen (secondary N) is 3. The maximum absolute atomic E-state index is 12.6. The third-order valence-corrected chi connectivity index (χ3v) is 12.5. The van der Waals surface area contributed by atoms with E-state index in [1.807, 2.05) is 0 Å². The van der Waals surface area contributed by atoms with Gasteiger partial charge in [0.2, 0.25) is 10.0 Å². The van der Waals surface area contributed by atoms with E-state index in [2.05, 4.69) is 50.0 Å². The molecule has 0 heterocycles. The summed E-state index contributed by atoms with van der Waals surface area (Å²) in [5.41, 5.74) is 0.435. The van der Waals surface area contributed by atoms with Gasteiger partial charge in [0.25, 0.3) is 0 Å². The molecule has 0 bridgehead atoms. The molecule has 4 aliphatic rings. The topological polar surface area (TPSA) is 108 Å². The molecule has 4 fully saturated rings. The van der Waals surface area contributed by atoms with Crippen molar-refractivity contribution in [3.05, 3.63) is 0 Å². The Morgan fingerprint density at radius 2 is 1.66 bits per heavy atom. The molecule has 4 N–H and O–H groups in total. The molecule has 0 aromatic heterocycles. The van der Waals surface area contributed by atoms with Crippen LogP contribution in [0, 0.1) is 46.3 Å². The monoisotopic (exact) mass is 553 g/mol. The molecule has 0 aliphatic heterocycles. The molecule has 4 rings (SSSR count). The van der Waals surface area contributed by atoms with Crippen LogP contribution in [0.5, 0.6) is 0 Å². The highest BCUT2D eigenvalue weighted by molar-refractivity contribution is 7.88. The van der Waals surface area contributed by atoms with Gasteiger partial charge >= 0.3 is 5.97 Å². The SMILES string of the molecule is CC(C)NCCNC1CC[C@]2(C)C3CC[C@@]4(C)C(CCC4[C@H](C)CCC(=O)O)C3[C@H](NS(C)(=O)=O)C[C@H]2C1. The molecule has 0 aromatic rings. The number of fused-ring (bicyclic) bond motifs is 5. The lowest BCUT2D eigenvalue weighted by Crippen LogP contribution is -2.62. The molecule has 0 aromatic carbocycles. The minimum absolute atomic E-state index is 0.00660. The van der Waals surface area contributed by atoms with E-state index in [1.54, 1.807) is 0 Å². The molecular formula is C30H55N3O4S. The third kappa shape index (κ3) is 6.28. The van der Waals surface area contributed by atoms with Crippen LogP contribution in [-0.4, -0.2) is 57.0 Å². The van der Waals surface area contributed by atoms with Crippen LogP contribution >= 0.6 is 0 Å². The van der Waals surface area contributed by atoms with Crippen molar-refractivity contribution in [3.63, 3.8) is 0 Å². The molecule has 7 nitrogen and oxygen atoms in total. The molecule has 0 radical (unpaired) electrons. The fraction of sp³-hybridized carbons (Fsp3) is 0.967. The second-order valence-electron chi connectivity index (χ2n) is 14.4. The molecule has 0 saturated heterocycles. The van der Waals surface area contributed by atoms with E-state index in [1.165, 1.54) is 31.9 Å². The number of hydrogen-bond donors (Lipinski definition) is 4. The molecule has 38 heavy (non-hydrogen) atoms. The van der Waals surface area contributed by atoms with Gasteiger partial charge in [0.1, 0.15) is 0 Å². The lowest BCUT2D eigenvalue weighted by atomic mass is 9.43. The summed E-state index contributed by atoms with van der Waals surface area (Å²) >= 11 is 0. The molecule has 220 valence electrons. The van der Waals surface area contributed by atoms with E-state index < -0.39 is 16.0 Å². The zero-order valence-corrected chi connectivity index (χ0v) is 25.6. The zero-order valence-electron chi connectivity index (χ0n) is 24.8. The van der Waals surface area contributed by atoms with Crippen molar-refractivity contribution >= 4 is 16.0 Å². The summed E-state index contributed by atoms with van der Waals surface area (Å²) in [7, 11) is -3.31. The van der Waals surface area contributed by atoms with Crippen LogP contribution in [0.15, 0.2) is 0 Å². The number of aliphatic carboxylic acids is 1. The molecule has 8 heteroatoms. The van der Waals surface area contributed by atoms with Gasteiger partial charge in [-0.15, -0.1) is 0 Å². The smallest absolute Gasteiger partial charge is 0.303 e. The fourth-order valence-electron chi connectivity index (χ4n) is 10.0. The van der Waals surface area contributed by atoms with E-state index in [9.17, 15) is 18.3 Å². The highest BCUT2D eigenvalue weighted by Crippen LogP contribution is 2.68. The molecule has 0 amide bonds. The van der Waals surface area contributed by atoms with Gasteiger partial charge in [-0.1, -0.05) is 34.6 Å². The second-order valence-corrected chi connectivity index (χ2v) is 16.2. The molecular weight excluding hydrogens is 498 g/mol. The summed E-state index contributed by atoms with van der Waals surface area (Å²) in [4.78, 5) is 11.3. The number of sulfonamides is 1. The van der Waals surface area contributed by atoms with Crippen LogP contribution in [-0.2, 0) is 14.8 Å². The first-order valence-corrected chi connectivity index (χ1v) is 17.3. The Morgan fingerprint density at radius 1 is 0.974 bits per heavy atom. The summed E-state index contributed by atoms with van der Waals surface area (Å²) in [5.74, 6) is 2.17. The quantitative estimate of drug-likeness (QED) is 0.278. The van der Waals surface area contributed by atoms with Crippen molar-refractivity contribution in [3.8, 4) is 0 Å². The summed E-state index contributed by atoms with van der Waals surface area (Å²) in [6.45, 7) is 13.6. The van der Waals surface area contributed by atoms with Crippen molar-refractivity contribution in [2.24, 2.45) is 46.3 Å². The van der Waals surface area contributed by atoms with Gasteiger partial charge in [0.05, 0.1) is 6.26 Å². The molecule has 10 atom stereocenters. The van der Waals surface area contributed by atoms with Crippen LogP contribution in [0.1, 0.15) is 98.8 Å². The first kappa shape index (κ1) is 30.3. The van der Waals surface area contributed by atoms with Crippen LogP contribution in [0.25, 0.3) is 0 Å². The van der Waals surface area contributed by atoms with Crippen molar-refractivity contribution in [2.75, 3.05) is 19.3 Å². The highest BCUT2D eigenvalue weighted by Gasteiger charge is 2.63. The minimum Gasteiger partial charge on any atom is -0.481 e. The van der Waals surface area contributed by atoms with Crippen molar-refractivity contribution < 1.29 is 18.3 Å². The number of rotatable bonds is 11. The lowest BCUT2D eigenvalue weighted by Gasteiger charge is -2.63. The highest BCUT2D eigenvalue weighted by atomic mass is 32.2. The summed E-state index contributed by atoms with van der Waals surface area (Å²) in [5, 5.41) is 16.6. The van der Waals surface area contributed by atoms with Gasteiger partial charge in [-0.2, -0.15) is 0 Å². The number of hydrogen-bond acceptors (Lipinski definition) is 5. The van der Waals surface area contributed by atoms with E-state index in [-0.39, 0.29) is 23.3 Å². The predicted octanol–water partition coefficient (Wildman–Crippen LogP) is 4.63. The van der Waals surface area contributed by atoms with Gasteiger partial charge in [-0.25, -0.2) is 13.1 Å². The normalized spacial score (nSPS) is 41.8. The van der Waals surface area contributed by atoms with E-state index in [0.717, 1.165) is 45.2 Å². The standard InChI is InChI=1S/C30H55N3O4S/c1-19(2)31-15-16-32-22-11-13-29(4)21(17-22)18-26(33-38(6,36)37)28-24-9-8-23(20(3)7-10-27(34)35)30(24,5)14-12-25(28)29/h19-26,28,31-33H,7-18H2,1-6H3,(H,34,35)/t20-,21-,22?,23?,24?,25?,26-,28?,29+,30-/m1/s1. The van der Waals surface area contributed by atoms with Gasteiger partial charge in [-0.05, 0) is 104 Å². The first-order chi connectivity index (χ1) is 17.7. The number of carboxylic acids is 1. The molecule has 4 saturated carbocycles. The van der Waals surface area contributed by atoms with Gasteiger partial charge in [0.15, 0.2) is 0 Å². The summed E-state index contributed by atoms with van der Waals surface area (Å²) in [6.07, 6.45) is 11.5. The average Bonchev–Trinajstić information content (AvgIpc) is 3.17. The largest absolute Gasteiger partial charge is 0.481 e. The van der Waals surface area contributed by atoms with Gasteiger partial charge < -0.3 is 15.7 Å². The predicted molar refractivity (Wildman–Crippen MR) is 153 cm³/mol. The Labute approximate surface area is 232 Å². The Kier molecular flexibility index (Phi) is 9.28. The van der Waals surface area contributed by atoms with Crippen molar-refractivity contribution in [1.82, 2.24) is 15.4 Å². The lowest BCUT2D eigenvalue weighted by molar-refractivity contribution is -0.138. The van der Waals surface area contributed by atoms with Crippen LogP contribution in [0.2, 0.25) is 0 Å². The second kappa shape index (κ2) is 11.7. The van der Waals surface area contributed by atoms with Gasteiger partial charge in [0, 0.05) is 37.6 Å². The Morgan fingerprint density at radius 3 is 2.32 bits per heavy atom. The Bertz CT molecular complexity index is 942. The van der Waals surface area contributed by atoms with E-state index in [4.69, 9.17) is 0 Å². The van der Waals surface area contributed by atoms with Crippen molar-refractivity contribution in [1.29, 1.82) is 0 Å². The molecule has 4 aliphatic carbocycles. The Balaban J connectivity index is 1.53. The average molecular weight is 554 g/mol.